The molecule has 0 unspecified atom stereocenters. The minimum Gasteiger partial charge on any atom is -0.496 e. The van der Waals surface area contributed by atoms with Gasteiger partial charge in [-0.05, 0) is 36.5 Å². The number of carbonyl (C=O) groups is 1. The molecule has 2 aromatic carbocycles. The molecule has 2 aromatic rings. The van der Waals surface area contributed by atoms with Crippen molar-refractivity contribution in [2.24, 2.45) is 5.41 Å². The van der Waals surface area contributed by atoms with Crippen LogP contribution in [0.1, 0.15) is 18.4 Å². The van der Waals surface area contributed by atoms with Crippen molar-refractivity contribution in [3.8, 4) is 16.9 Å². The molecular formula is C22H27NO4. The molecule has 0 radical (unpaired) electrons. The molecule has 0 aliphatic carbocycles. The van der Waals surface area contributed by atoms with Crippen LogP contribution in [0.3, 0.4) is 0 Å². The molecule has 1 amide bonds. The molecule has 1 aliphatic heterocycles. The monoisotopic (exact) mass is 369 g/mol. The largest absolute Gasteiger partial charge is 0.496 e. The van der Waals surface area contributed by atoms with Crippen molar-refractivity contribution in [2.45, 2.75) is 19.3 Å². The second-order valence-electron chi connectivity index (χ2n) is 6.95. The van der Waals surface area contributed by atoms with E-state index in [0.717, 1.165) is 22.4 Å². The maximum Gasteiger partial charge on any atom is 0.226 e. The summed E-state index contributed by atoms with van der Waals surface area (Å²) in [5, 5.41) is 11.9. The molecule has 144 valence electrons. The highest BCUT2D eigenvalue weighted by Gasteiger charge is 2.39. The van der Waals surface area contributed by atoms with E-state index in [4.69, 9.17) is 14.6 Å². The number of methoxy groups -OCH3 is 1. The van der Waals surface area contributed by atoms with Gasteiger partial charge < -0.3 is 19.9 Å². The van der Waals surface area contributed by atoms with Gasteiger partial charge in [-0.15, -0.1) is 0 Å². The number of aliphatic hydroxyl groups is 1. The summed E-state index contributed by atoms with van der Waals surface area (Å²) in [6.45, 7) is 1.39. The molecule has 1 aliphatic rings. The average Bonchev–Trinajstić information content (AvgIpc) is 2.72. The number of amides is 1. The van der Waals surface area contributed by atoms with Gasteiger partial charge in [0.05, 0.1) is 19.1 Å². The molecule has 0 atom stereocenters. The Morgan fingerprint density at radius 1 is 1.19 bits per heavy atom. The number of hydrogen-bond donors (Lipinski definition) is 2. The summed E-state index contributed by atoms with van der Waals surface area (Å²) in [5.41, 5.74) is 2.72. The summed E-state index contributed by atoms with van der Waals surface area (Å²) < 4.78 is 11.0. The summed E-state index contributed by atoms with van der Waals surface area (Å²) >= 11 is 0. The first-order valence-corrected chi connectivity index (χ1v) is 9.38. The molecule has 0 spiro atoms. The van der Waals surface area contributed by atoms with E-state index in [2.05, 4.69) is 23.5 Å². The van der Waals surface area contributed by atoms with Crippen molar-refractivity contribution in [3.63, 3.8) is 0 Å². The molecular weight excluding hydrogens is 342 g/mol. The predicted molar refractivity (Wildman–Crippen MR) is 105 cm³/mol. The van der Waals surface area contributed by atoms with Gasteiger partial charge in [0.1, 0.15) is 5.75 Å². The molecule has 2 N–H and O–H groups in total. The van der Waals surface area contributed by atoms with E-state index in [0.29, 0.717) is 32.5 Å². The van der Waals surface area contributed by atoms with Gasteiger partial charge in [0.25, 0.3) is 0 Å². The first kappa shape index (κ1) is 19.4. The summed E-state index contributed by atoms with van der Waals surface area (Å²) in [5.74, 6) is 0.832. The van der Waals surface area contributed by atoms with E-state index < -0.39 is 5.41 Å². The molecule has 5 heteroatoms. The maximum absolute atomic E-state index is 12.8. The standard InChI is InChI=1S/C22H27NO4/c1-26-20-8-3-2-7-19(20)18-6-4-5-17(15-18)16-22(9-13-27-14-10-22)21(25)23-11-12-24/h2-8,15,24H,9-14,16H2,1H3,(H,23,25). The molecule has 5 nitrogen and oxygen atoms in total. The fourth-order valence-electron chi connectivity index (χ4n) is 3.73. The van der Waals surface area contributed by atoms with Gasteiger partial charge in [0.15, 0.2) is 0 Å². The zero-order valence-corrected chi connectivity index (χ0v) is 15.7. The topological polar surface area (TPSA) is 67.8 Å². The van der Waals surface area contributed by atoms with Crippen LogP contribution in [0.4, 0.5) is 0 Å². The van der Waals surface area contributed by atoms with E-state index in [1.807, 2.05) is 30.3 Å². The molecule has 0 bridgehead atoms. The highest BCUT2D eigenvalue weighted by molar-refractivity contribution is 5.83. The third kappa shape index (κ3) is 4.49. The van der Waals surface area contributed by atoms with Crippen LogP contribution in [0, 0.1) is 5.41 Å². The van der Waals surface area contributed by atoms with Crippen molar-refractivity contribution in [1.29, 1.82) is 0 Å². The third-order valence-corrected chi connectivity index (χ3v) is 5.22. The lowest BCUT2D eigenvalue weighted by Gasteiger charge is -2.36. The number of hydrogen-bond acceptors (Lipinski definition) is 4. The fourth-order valence-corrected chi connectivity index (χ4v) is 3.73. The summed E-state index contributed by atoms with van der Waals surface area (Å²) in [4.78, 5) is 12.8. The lowest BCUT2D eigenvalue weighted by Crippen LogP contribution is -2.46. The van der Waals surface area contributed by atoms with Crippen LogP contribution in [-0.4, -0.2) is 44.5 Å². The summed E-state index contributed by atoms with van der Waals surface area (Å²) in [6, 6.07) is 16.2. The van der Waals surface area contributed by atoms with E-state index in [1.54, 1.807) is 7.11 Å². The van der Waals surface area contributed by atoms with Crippen molar-refractivity contribution in [3.05, 3.63) is 54.1 Å². The number of ether oxygens (including phenoxy) is 2. The Labute approximate surface area is 160 Å². The average molecular weight is 369 g/mol. The van der Waals surface area contributed by atoms with Crippen molar-refractivity contribution in [1.82, 2.24) is 5.32 Å². The van der Waals surface area contributed by atoms with Crippen LogP contribution >= 0.6 is 0 Å². The molecule has 27 heavy (non-hydrogen) atoms. The molecule has 1 saturated heterocycles. The third-order valence-electron chi connectivity index (χ3n) is 5.22. The Kier molecular flexibility index (Phi) is 6.48. The van der Waals surface area contributed by atoms with Gasteiger partial charge in [-0.25, -0.2) is 0 Å². The van der Waals surface area contributed by atoms with Crippen LogP contribution in [-0.2, 0) is 16.0 Å². The number of rotatable bonds is 7. The number of para-hydroxylation sites is 1. The van der Waals surface area contributed by atoms with Crippen LogP contribution in [0.15, 0.2) is 48.5 Å². The van der Waals surface area contributed by atoms with Gasteiger partial charge in [-0.1, -0.05) is 42.5 Å². The van der Waals surface area contributed by atoms with Crippen LogP contribution < -0.4 is 10.1 Å². The highest BCUT2D eigenvalue weighted by Crippen LogP contribution is 2.36. The number of aliphatic hydroxyl groups excluding tert-OH is 1. The molecule has 1 fully saturated rings. The zero-order chi connectivity index (χ0) is 19.1. The van der Waals surface area contributed by atoms with Crippen LogP contribution in [0.2, 0.25) is 0 Å². The second-order valence-corrected chi connectivity index (χ2v) is 6.95. The second kappa shape index (κ2) is 9.02. The molecule has 1 heterocycles. The Balaban J connectivity index is 1.88. The Bertz CT molecular complexity index is 768. The number of nitrogens with one attached hydrogen (secondary N) is 1. The van der Waals surface area contributed by atoms with E-state index in [-0.39, 0.29) is 19.1 Å². The van der Waals surface area contributed by atoms with Crippen molar-refractivity contribution >= 4 is 5.91 Å². The first-order chi connectivity index (χ1) is 13.2. The van der Waals surface area contributed by atoms with Crippen molar-refractivity contribution in [2.75, 3.05) is 33.5 Å². The first-order valence-electron chi connectivity index (χ1n) is 9.38. The number of benzene rings is 2. The number of carbonyl (C=O) groups excluding carboxylic acids is 1. The highest BCUT2D eigenvalue weighted by atomic mass is 16.5. The SMILES string of the molecule is COc1ccccc1-c1cccc(CC2(C(=O)NCCO)CCOCC2)c1. The Morgan fingerprint density at radius 3 is 2.70 bits per heavy atom. The van der Waals surface area contributed by atoms with Crippen LogP contribution in [0.25, 0.3) is 11.1 Å². The van der Waals surface area contributed by atoms with Crippen molar-refractivity contribution < 1.29 is 19.4 Å². The Morgan fingerprint density at radius 2 is 1.96 bits per heavy atom. The van der Waals surface area contributed by atoms with E-state index in [9.17, 15) is 4.79 Å². The van der Waals surface area contributed by atoms with Gasteiger partial charge in [-0.2, -0.15) is 0 Å². The summed E-state index contributed by atoms with van der Waals surface area (Å²) in [7, 11) is 1.67. The van der Waals surface area contributed by atoms with E-state index >= 15 is 0 Å². The molecule has 3 rings (SSSR count). The van der Waals surface area contributed by atoms with Gasteiger partial charge in [0, 0.05) is 25.3 Å². The fraction of sp³-hybridized carbons (Fsp3) is 0.409. The minimum atomic E-state index is -0.493. The predicted octanol–water partition coefficient (Wildman–Crippen LogP) is 2.81. The molecule has 0 aromatic heterocycles. The van der Waals surface area contributed by atoms with Gasteiger partial charge >= 0.3 is 0 Å². The normalized spacial score (nSPS) is 15.9. The van der Waals surface area contributed by atoms with E-state index in [1.165, 1.54) is 0 Å². The smallest absolute Gasteiger partial charge is 0.226 e. The van der Waals surface area contributed by atoms with Gasteiger partial charge in [-0.3, -0.25) is 4.79 Å². The summed E-state index contributed by atoms with van der Waals surface area (Å²) in [6.07, 6.45) is 2.02. The Hall–Kier alpha value is -2.37. The quantitative estimate of drug-likeness (QED) is 0.788. The minimum absolute atomic E-state index is 0.00236. The van der Waals surface area contributed by atoms with Gasteiger partial charge in [0.2, 0.25) is 5.91 Å². The maximum atomic E-state index is 12.8. The lowest BCUT2D eigenvalue weighted by atomic mass is 9.74. The zero-order valence-electron chi connectivity index (χ0n) is 15.7. The lowest BCUT2D eigenvalue weighted by molar-refractivity contribution is -0.136. The molecule has 0 saturated carbocycles. The van der Waals surface area contributed by atoms with Crippen LogP contribution in [0.5, 0.6) is 5.75 Å².